The highest BCUT2D eigenvalue weighted by molar-refractivity contribution is 5.83. The van der Waals surface area contributed by atoms with Gasteiger partial charge in [-0.1, -0.05) is 18.6 Å². The van der Waals surface area contributed by atoms with E-state index >= 15 is 0 Å². The van der Waals surface area contributed by atoms with Crippen LogP contribution in [0.3, 0.4) is 0 Å². The molecule has 1 unspecified atom stereocenters. The molecule has 0 spiro atoms. The molecule has 1 aliphatic rings. The number of carbonyl (C=O) groups excluding carboxylic acids is 2. The van der Waals surface area contributed by atoms with Crippen molar-refractivity contribution in [3.05, 3.63) is 69.4 Å². The van der Waals surface area contributed by atoms with Crippen LogP contribution in [0.2, 0.25) is 0 Å². The fraction of sp³-hybridized carbons (Fsp3) is 0.417. The Hall–Kier alpha value is -4.93. The number of amides is 2. The summed E-state index contributed by atoms with van der Waals surface area (Å²) in [6.07, 6.45) is 3.95. The number of carbonyl (C=O) groups is 2. The summed E-state index contributed by atoms with van der Waals surface area (Å²) in [5.74, 6) is 2.57. The molecule has 11 heteroatoms. The molecule has 1 atom stereocenters. The molecule has 4 rings (SSSR count). The molecule has 0 saturated carbocycles. The van der Waals surface area contributed by atoms with E-state index in [2.05, 4.69) is 16.0 Å². The number of methoxy groups -OCH3 is 5. The second kappa shape index (κ2) is 16.6. The summed E-state index contributed by atoms with van der Waals surface area (Å²) < 4.78 is 27.7. The Kier molecular flexibility index (Phi) is 12.3. The molecule has 3 aromatic carbocycles. The molecule has 0 heterocycles. The van der Waals surface area contributed by atoms with Crippen LogP contribution in [0.4, 0.5) is 5.69 Å². The highest BCUT2D eigenvalue weighted by Gasteiger charge is 2.29. The third-order valence-electron chi connectivity index (χ3n) is 8.25. The lowest BCUT2D eigenvalue weighted by Gasteiger charge is -2.19. The molecule has 11 nitrogen and oxygen atoms in total. The van der Waals surface area contributed by atoms with Crippen molar-refractivity contribution < 1.29 is 33.3 Å². The van der Waals surface area contributed by atoms with Crippen molar-refractivity contribution >= 4 is 17.5 Å². The number of aryl methyl sites for hydroxylation is 1. The summed E-state index contributed by atoms with van der Waals surface area (Å²) in [5, 5.41) is 9.25. The van der Waals surface area contributed by atoms with Gasteiger partial charge in [0, 0.05) is 32.0 Å². The topological polar surface area (TPSA) is 133 Å². The minimum Gasteiger partial charge on any atom is -0.493 e. The first-order valence-corrected chi connectivity index (χ1v) is 15.7. The number of ether oxygens (including phenoxy) is 5. The zero-order valence-corrected chi connectivity index (χ0v) is 28.0. The Morgan fingerprint density at radius 2 is 1.55 bits per heavy atom. The first-order valence-electron chi connectivity index (χ1n) is 15.7. The van der Waals surface area contributed by atoms with Gasteiger partial charge in [-0.3, -0.25) is 14.4 Å². The molecule has 47 heavy (non-hydrogen) atoms. The maximum absolute atomic E-state index is 13.5. The second-order valence-electron chi connectivity index (χ2n) is 11.3. The number of benzene rings is 2. The van der Waals surface area contributed by atoms with Crippen molar-refractivity contribution in [2.24, 2.45) is 0 Å². The highest BCUT2D eigenvalue weighted by Crippen LogP contribution is 2.50. The molecule has 3 aromatic rings. The van der Waals surface area contributed by atoms with Gasteiger partial charge in [-0.25, -0.2) is 0 Å². The fourth-order valence-electron chi connectivity index (χ4n) is 5.94. The molecule has 3 N–H and O–H groups in total. The quantitative estimate of drug-likeness (QED) is 0.191. The zero-order chi connectivity index (χ0) is 33.9. The average molecular weight is 648 g/mol. The minimum atomic E-state index is -0.373. The summed E-state index contributed by atoms with van der Waals surface area (Å²) in [7, 11) is 7.87. The Morgan fingerprint density at radius 3 is 2.23 bits per heavy atom. The molecule has 1 aliphatic carbocycles. The number of anilines is 1. The van der Waals surface area contributed by atoms with Crippen molar-refractivity contribution in [1.29, 1.82) is 0 Å². The van der Waals surface area contributed by atoms with Gasteiger partial charge >= 0.3 is 0 Å². The lowest BCUT2D eigenvalue weighted by molar-refractivity contribution is -0.121. The lowest BCUT2D eigenvalue weighted by atomic mass is 9.95. The van der Waals surface area contributed by atoms with Crippen molar-refractivity contribution in [3.8, 4) is 39.9 Å². The van der Waals surface area contributed by atoms with Gasteiger partial charge in [-0.2, -0.15) is 0 Å². The van der Waals surface area contributed by atoms with E-state index in [4.69, 9.17) is 23.7 Å². The predicted molar refractivity (Wildman–Crippen MR) is 181 cm³/mol. The van der Waals surface area contributed by atoms with Crippen LogP contribution in [0.5, 0.6) is 28.7 Å². The van der Waals surface area contributed by atoms with E-state index in [0.717, 1.165) is 41.5 Å². The number of fused-ring (bicyclic) bond motifs is 3. The van der Waals surface area contributed by atoms with E-state index in [0.29, 0.717) is 72.4 Å². The van der Waals surface area contributed by atoms with Crippen molar-refractivity contribution in [3.63, 3.8) is 0 Å². The molecule has 2 amide bonds. The second-order valence-corrected chi connectivity index (χ2v) is 11.3. The van der Waals surface area contributed by atoms with Gasteiger partial charge < -0.3 is 39.6 Å². The largest absolute Gasteiger partial charge is 0.493 e. The van der Waals surface area contributed by atoms with Gasteiger partial charge in [-0.15, -0.1) is 0 Å². The molecule has 0 saturated heterocycles. The average Bonchev–Trinajstić information content (AvgIpc) is 3.32. The highest BCUT2D eigenvalue weighted by atomic mass is 16.5. The van der Waals surface area contributed by atoms with E-state index in [1.165, 1.54) is 6.92 Å². The maximum Gasteiger partial charge on any atom is 0.220 e. The third kappa shape index (κ3) is 8.46. The van der Waals surface area contributed by atoms with Gasteiger partial charge in [0.25, 0.3) is 0 Å². The maximum atomic E-state index is 13.5. The Morgan fingerprint density at radius 1 is 0.809 bits per heavy atom. The predicted octanol–water partition coefficient (Wildman–Crippen LogP) is 5.17. The summed E-state index contributed by atoms with van der Waals surface area (Å²) in [6.45, 7) is 2.44. The van der Waals surface area contributed by atoms with Crippen LogP contribution in [-0.4, -0.2) is 53.9 Å². The lowest BCUT2D eigenvalue weighted by Crippen LogP contribution is -2.26. The minimum absolute atomic E-state index is 0.0233. The first-order chi connectivity index (χ1) is 22.7. The number of unbranched alkanes of at least 4 members (excludes halogenated alkanes) is 2. The van der Waals surface area contributed by atoms with Gasteiger partial charge in [-0.05, 0) is 78.3 Å². The van der Waals surface area contributed by atoms with Gasteiger partial charge in [0.15, 0.2) is 23.0 Å². The van der Waals surface area contributed by atoms with Crippen LogP contribution in [0.25, 0.3) is 11.1 Å². The molecule has 0 fully saturated rings. The summed E-state index contributed by atoms with van der Waals surface area (Å²) in [6, 6.07) is 12.4. The Bertz CT molecular complexity index is 1640. The molecule has 0 radical (unpaired) electrons. The summed E-state index contributed by atoms with van der Waals surface area (Å²) in [4.78, 5) is 38.1. The monoisotopic (exact) mass is 647 g/mol. The summed E-state index contributed by atoms with van der Waals surface area (Å²) >= 11 is 0. The van der Waals surface area contributed by atoms with Crippen LogP contribution in [0.1, 0.15) is 61.8 Å². The number of nitrogens with one attached hydrogen (secondary N) is 3. The van der Waals surface area contributed by atoms with Crippen molar-refractivity contribution in [1.82, 2.24) is 10.6 Å². The van der Waals surface area contributed by atoms with Crippen molar-refractivity contribution in [2.75, 3.05) is 47.4 Å². The van der Waals surface area contributed by atoms with Crippen LogP contribution < -0.4 is 45.1 Å². The Labute approximate surface area is 275 Å². The van der Waals surface area contributed by atoms with Crippen molar-refractivity contribution in [2.45, 2.75) is 58.0 Å². The fourth-order valence-corrected chi connectivity index (χ4v) is 5.94. The molecular weight excluding hydrogens is 602 g/mol. The number of hydrogen-bond donors (Lipinski definition) is 3. The molecule has 0 bridgehead atoms. The number of hydrogen-bond acceptors (Lipinski definition) is 9. The Balaban J connectivity index is 1.42. The zero-order valence-electron chi connectivity index (χ0n) is 28.0. The molecular formula is C36H45N3O8. The van der Waals surface area contributed by atoms with Crippen LogP contribution in [0.15, 0.2) is 47.3 Å². The van der Waals surface area contributed by atoms with Crippen LogP contribution in [0, 0.1) is 0 Å². The molecule has 0 aromatic heterocycles. The first kappa shape index (κ1) is 34.9. The molecule has 0 aliphatic heterocycles. The van der Waals surface area contributed by atoms with E-state index in [-0.39, 0.29) is 23.3 Å². The smallest absolute Gasteiger partial charge is 0.220 e. The normalized spacial score (nSPS) is 13.3. The van der Waals surface area contributed by atoms with Crippen LogP contribution in [-0.2, 0) is 22.6 Å². The van der Waals surface area contributed by atoms with E-state index < -0.39 is 0 Å². The van der Waals surface area contributed by atoms with E-state index in [9.17, 15) is 14.4 Å². The standard InChI is InChI=1S/C36H45N3O8/c1-22(40)39-27-14-12-24-19-32(45-4)35(46-5)36(47-6)34(24)25-13-15-28(29(41)20-26(25)27)37-17-9-7-8-10-33(42)38-21-23-11-16-30(43-2)31(18-23)44-3/h11,13,15-16,18-20,27H,7-10,12,14,17,21H2,1-6H3,(H,37,41)(H,38,42)(H,39,40). The third-order valence-corrected chi connectivity index (χ3v) is 8.25. The summed E-state index contributed by atoms with van der Waals surface area (Å²) in [5.41, 5.74) is 4.45. The van der Waals surface area contributed by atoms with Crippen LogP contribution >= 0.6 is 0 Å². The van der Waals surface area contributed by atoms with E-state index in [1.54, 1.807) is 47.7 Å². The number of rotatable bonds is 15. The van der Waals surface area contributed by atoms with Gasteiger partial charge in [0.1, 0.15) is 0 Å². The molecule has 252 valence electrons. The van der Waals surface area contributed by atoms with Gasteiger partial charge in [0.05, 0.1) is 47.3 Å². The van der Waals surface area contributed by atoms with Gasteiger partial charge in [0.2, 0.25) is 23.0 Å². The SMILES string of the molecule is COc1ccc(CNC(=O)CCCCCNc2ccc3c(cc2=O)C(NC(C)=O)CCc2cc(OC)c(OC)c(OC)c2-3)cc1OC. The van der Waals surface area contributed by atoms with E-state index in [1.807, 2.05) is 30.3 Å².